The summed E-state index contributed by atoms with van der Waals surface area (Å²) in [6.45, 7) is 2.73. The minimum absolute atomic E-state index is 0.350. The molecule has 1 aromatic rings. The first-order valence-corrected chi connectivity index (χ1v) is 5.24. The van der Waals surface area contributed by atoms with E-state index in [-0.39, 0.29) is 0 Å². The van der Waals surface area contributed by atoms with Crippen LogP contribution in [0.4, 0.5) is 0 Å². The molecule has 1 rings (SSSR count). The Morgan fingerprint density at radius 2 is 2.06 bits per heavy atom. The van der Waals surface area contributed by atoms with Gasteiger partial charge < -0.3 is 10.5 Å². The van der Waals surface area contributed by atoms with Gasteiger partial charge >= 0.3 is 5.97 Å². The van der Waals surface area contributed by atoms with Crippen molar-refractivity contribution in [1.82, 2.24) is 0 Å². The molecular formula is C13H15NO2. The third-order valence-electron chi connectivity index (χ3n) is 1.97. The third-order valence-corrected chi connectivity index (χ3v) is 1.97. The van der Waals surface area contributed by atoms with Crippen molar-refractivity contribution in [2.45, 2.75) is 13.3 Å². The third kappa shape index (κ3) is 4.16. The van der Waals surface area contributed by atoms with E-state index in [1.165, 1.54) is 5.56 Å². The molecule has 0 aromatic heterocycles. The molecule has 0 aliphatic heterocycles. The molecule has 2 N–H and O–H groups in total. The van der Waals surface area contributed by atoms with Crippen molar-refractivity contribution >= 4 is 5.97 Å². The molecular weight excluding hydrogens is 202 g/mol. The maximum atomic E-state index is 11.0. The first kappa shape index (κ1) is 12.3. The minimum Gasteiger partial charge on any atom is -0.456 e. The molecule has 0 atom stereocenters. The number of carbonyl (C=O) groups excluding carboxylic acids is 1. The highest BCUT2D eigenvalue weighted by molar-refractivity contribution is 5.89. The molecule has 16 heavy (non-hydrogen) atoms. The smallest absolute Gasteiger partial charge is 0.384 e. The highest BCUT2D eigenvalue weighted by atomic mass is 16.5. The lowest BCUT2D eigenvalue weighted by atomic mass is 10.1. The topological polar surface area (TPSA) is 52.3 Å². The fourth-order valence-electron chi connectivity index (χ4n) is 1.21. The van der Waals surface area contributed by atoms with Gasteiger partial charge in [0, 0.05) is 11.5 Å². The van der Waals surface area contributed by atoms with E-state index in [0.29, 0.717) is 13.2 Å². The van der Waals surface area contributed by atoms with Gasteiger partial charge in [-0.15, -0.1) is 0 Å². The van der Waals surface area contributed by atoms with Gasteiger partial charge in [-0.1, -0.05) is 18.1 Å². The van der Waals surface area contributed by atoms with Crippen molar-refractivity contribution in [3.05, 3.63) is 35.4 Å². The van der Waals surface area contributed by atoms with E-state index < -0.39 is 5.97 Å². The van der Waals surface area contributed by atoms with Crippen LogP contribution in [-0.4, -0.2) is 19.1 Å². The number of hydrogen-bond acceptors (Lipinski definition) is 3. The summed E-state index contributed by atoms with van der Waals surface area (Å²) in [5, 5.41) is 0. The molecule has 0 aliphatic rings. The predicted molar refractivity (Wildman–Crippen MR) is 62.7 cm³/mol. The van der Waals surface area contributed by atoms with Gasteiger partial charge in [-0.05, 0) is 37.6 Å². The van der Waals surface area contributed by atoms with Crippen LogP contribution in [0.1, 0.15) is 18.1 Å². The maximum Gasteiger partial charge on any atom is 0.384 e. The van der Waals surface area contributed by atoms with Gasteiger partial charge in [0.25, 0.3) is 0 Å². The number of esters is 1. The number of ether oxygens (including phenoxy) is 1. The molecule has 84 valence electrons. The second-order valence-corrected chi connectivity index (χ2v) is 3.21. The van der Waals surface area contributed by atoms with E-state index in [4.69, 9.17) is 10.5 Å². The number of rotatable bonds is 3. The van der Waals surface area contributed by atoms with Crippen molar-refractivity contribution in [3.63, 3.8) is 0 Å². The first-order chi connectivity index (χ1) is 7.76. The Balaban J connectivity index is 2.64. The SMILES string of the molecule is CCOC(=O)C#Cc1ccc(CCN)cc1. The van der Waals surface area contributed by atoms with E-state index in [9.17, 15) is 4.79 Å². The molecule has 0 saturated heterocycles. The molecule has 0 unspecified atom stereocenters. The standard InChI is InChI=1S/C13H15NO2/c1-2-16-13(15)8-7-11-3-5-12(6-4-11)9-10-14/h3-6H,2,9-10,14H2,1H3. The fourth-order valence-corrected chi connectivity index (χ4v) is 1.21. The molecule has 0 bridgehead atoms. The zero-order valence-corrected chi connectivity index (χ0v) is 9.32. The van der Waals surface area contributed by atoms with Gasteiger partial charge in [0.1, 0.15) is 0 Å². The summed E-state index contributed by atoms with van der Waals surface area (Å²) < 4.78 is 4.70. The van der Waals surface area contributed by atoms with Crippen LogP contribution in [0.25, 0.3) is 0 Å². The summed E-state index contributed by atoms with van der Waals surface area (Å²) in [7, 11) is 0. The average molecular weight is 217 g/mol. The Hall–Kier alpha value is -1.79. The molecule has 0 fully saturated rings. The van der Waals surface area contributed by atoms with Gasteiger partial charge in [0.15, 0.2) is 0 Å². The number of carbonyl (C=O) groups is 1. The molecule has 0 aliphatic carbocycles. The molecule has 1 aromatic carbocycles. The summed E-state index contributed by atoms with van der Waals surface area (Å²) in [5.74, 6) is 4.67. The molecule has 3 nitrogen and oxygen atoms in total. The molecule has 0 saturated carbocycles. The van der Waals surface area contributed by atoms with E-state index in [1.807, 2.05) is 24.3 Å². The van der Waals surface area contributed by atoms with Crippen LogP contribution in [0.15, 0.2) is 24.3 Å². The van der Waals surface area contributed by atoms with E-state index in [1.54, 1.807) is 6.92 Å². The largest absolute Gasteiger partial charge is 0.456 e. The lowest BCUT2D eigenvalue weighted by Gasteiger charge is -1.97. The average Bonchev–Trinajstić information content (AvgIpc) is 2.29. The number of hydrogen-bond donors (Lipinski definition) is 1. The summed E-state index contributed by atoms with van der Waals surface area (Å²) in [4.78, 5) is 11.0. The van der Waals surface area contributed by atoms with Crippen molar-refractivity contribution in [1.29, 1.82) is 0 Å². The Morgan fingerprint density at radius 3 is 2.62 bits per heavy atom. The fraction of sp³-hybridized carbons (Fsp3) is 0.308. The van der Waals surface area contributed by atoms with Gasteiger partial charge in [0.05, 0.1) is 6.61 Å². The first-order valence-electron chi connectivity index (χ1n) is 5.24. The molecule has 3 heteroatoms. The van der Waals surface area contributed by atoms with Crippen LogP contribution >= 0.6 is 0 Å². The second kappa shape index (κ2) is 6.65. The highest BCUT2D eigenvalue weighted by Crippen LogP contribution is 2.03. The summed E-state index contributed by atoms with van der Waals surface area (Å²) >= 11 is 0. The Morgan fingerprint density at radius 1 is 1.38 bits per heavy atom. The Kier molecular flexibility index (Phi) is 5.10. The Bertz CT molecular complexity index is 398. The lowest BCUT2D eigenvalue weighted by Crippen LogP contribution is -2.02. The Labute approximate surface area is 95.6 Å². The van der Waals surface area contributed by atoms with Crippen LogP contribution in [0.5, 0.6) is 0 Å². The molecule has 0 radical (unpaired) electrons. The predicted octanol–water partition coefficient (Wildman–Crippen LogP) is 1.10. The van der Waals surface area contributed by atoms with Crippen LogP contribution in [0.2, 0.25) is 0 Å². The van der Waals surface area contributed by atoms with Gasteiger partial charge in [-0.25, -0.2) is 4.79 Å². The zero-order chi connectivity index (χ0) is 11.8. The van der Waals surface area contributed by atoms with E-state index in [2.05, 4.69) is 11.8 Å². The summed E-state index contributed by atoms with van der Waals surface area (Å²) in [6, 6.07) is 7.67. The van der Waals surface area contributed by atoms with Gasteiger partial charge in [-0.3, -0.25) is 0 Å². The van der Waals surface area contributed by atoms with Crippen LogP contribution in [0.3, 0.4) is 0 Å². The molecule has 0 heterocycles. The summed E-state index contributed by atoms with van der Waals surface area (Å²) in [5.41, 5.74) is 7.41. The minimum atomic E-state index is -0.492. The normalized spacial score (nSPS) is 9.12. The second-order valence-electron chi connectivity index (χ2n) is 3.21. The molecule has 0 amide bonds. The van der Waals surface area contributed by atoms with E-state index in [0.717, 1.165) is 12.0 Å². The van der Waals surface area contributed by atoms with Gasteiger partial charge in [-0.2, -0.15) is 0 Å². The number of nitrogens with two attached hydrogens (primary N) is 1. The lowest BCUT2D eigenvalue weighted by molar-refractivity contribution is -0.136. The monoisotopic (exact) mass is 217 g/mol. The quantitative estimate of drug-likeness (QED) is 0.609. The molecule has 0 spiro atoms. The van der Waals surface area contributed by atoms with Crippen LogP contribution < -0.4 is 5.73 Å². The summed E-state index contributed by atoms with van der Waals surface area (Å²) in [6.07, 6.45) is 0.853. The van der Waals surface area contributed by atoms with Gasteiger partial charge in [0.2, 0.25) is 0 Å². The maximum absolute atomic E-state index is 11.0. The van der Waals surface area contributed by atoms with Crippen molar-refractivity contribution in [3.8, 4) is 11.8 Å². The van der Waals surface area contributed by atoms with Crippen LogP contribution in [0, 0.1) is 11.8 Å². The van der Waals surface area contributed by atoms with Crippen molar-refractivity contribution in [2.24, 2.45) is 5.73 Å². The highest BCUT2D eigenvalue weighted by Gasteiger charge is 1.94. The van der Waals surface area contributed by atoms with Crippen LogP contribution in [-0.2, 0) is 16.0 Å². The number of benzene rings is 1. The zero-order valence-electron chi connectivity index (χ0n) is 9.32. The van der Waals surface area contributed by atoms with Crippen molar-refractivity contribution in [2.75, 3.05) is 13.2 Å². The van der Waals surface area contributed by atoms with Crippen molar-refractivity contribution < 1.29 is 9.53 Å². The van der Waals surface area contributed by atoms with E-state index >= 15 is 0 Å².